The van der Waals surface area contributed by atoms with Gasteiger partial charge in [0.05, 0.1) is 6.04 Å². The van der Waals surface area contributed by atoms with Crippen LogP contribution in [0.1, 0.15) is 13.8 Å². The molecule has 4 heteroatoms. The zero-order valence-electron chi connectivity index (χ0n) is 6.09. The van der Waals surface area contributed by atoms with E-state index in [1.807, 2.05) is 19.2 Å². The number of nitrogens with one attached hydrogen (secondary N) is 1. The Kier molecular flexibility index (Phi) is 3.44. The molecule has 0 radical (unpaired) electrons. The maximum absolute atomic E-state index is 10.7. The molecule has 0 aliphatic carbocycles. The van der Waals surface area contributed by atoms with Crippen LogP contribution in [0.15, 0.2) is 0 Å². The summed E-state index contributed by atoms with van der Waals surface area (Å²) >= 11 is 0. The third-order valence-electron chi connectivity index (χ3n) is 1.20. The van der Waals surface area contributed by atoms with E-state index in [1.165, 1.54) is 6.19 Å². The number of rotatable bonds is 2. The summed E-state index contributed by atoms with van der Waals surface area (Å²) in [7, 11) is 0. The van der Waals surface area contributed by atoms with Gasteiger partial charge in [-0.2, -0.15) is 5.26 Å². The standard InChI is InChI=1S/C6H11N3O/c1-4(2)5(8)6(10)9-3-7/h4-5H,8H2,1-2H3,(H,9,10). The van der Waals surface area contributed by atoms with Crippen molar-refractivity contribution in [2.24, 2.45) is 11.7 Å². The van der Waals surface area contributed by atoms with Crippen LogP contribution < -0.4 is 11.1 Å². The third kappa shape index (κ3) is 2.46. The van der Waals surface area contributed by atoms with E-state index >= 15 is 0 Å². The average Bonchev–Trinajstić information content (AvgIpc) is 1.87. The van der Waals surface area contributed by atoms with Crippen molar-refractivity contribution in [3.05, 3.63) is 0 Å². The molecule has 0 aromatic heterocycles. The van der Waals surface area contributed by atoms with Gasteiger partial charge in [-0.3, -0.25) is 10.1 Å². The molecule has 0 rings (SSSR count). The van der Waals surface area contributed by atoms with Crippen LogP contribution in [0.2, 0.25) is 0 Å². The summed E-state index contributed by atoms with van der Waals surface area (Å²) in [6.45, 7) is 3.64. The minimum absolute atomic E-state index is 0.0633. The maximum atomic E-state index is 10.7. The van der Waals surface area contributed by atoms with Gasteiger partial charge in [0, 0.05) is 0 Å². The van der Waals surface area contributed by atoms with Crippen LogP contribution >= 0.6 is 0 Å². The van der Waals surface area contributed by atoms with E-state index in [4.69, 9.17) is 11.0 Å². The van der Waals surface area contributed by atoms with Crippen molar-refractivity contribution in [2.75, 3.05) is 0 Å². The quantitative estimate of drug-likeness (QED) is 0.404. The van der Waals surface area contributed by atoms with Gasteiger partial charge in [0.15, 0.2) is 6.19 Å². The highest BCUT2D eigenvalue weighted by Crippen LogP contribution is 1.96. The largest absolute Gasteiger partial charge is 0.320 e. The number of nitrogens with two attached hydrogens (primary N) is 1. The molecule has 3 N–H and O–H groups in total. The predicted octanol–water partition coefficient (Wildman–Crippen LogP) is -0.433. The van der Waals surface area contributed by atoms with Gasteiger partial charge >= 0.3 is 0 Å². The van der Waals surface area contributed by atoms with Gasteiger partial charge in [0.25, 0.3) is 0 Å². The van der Waals surface area contributed by atoms with Crippen molar-refractivity contribution in [3.8, 4) is 6.19 Å². The number of amides is 1. The molecule has 0 saturated carbocycles. The molecule has 10 heavy (non-hydrogen) atoms. The first-order valence-electron chi connectivity index (χ1n) is 3.04. The molecular weight excluding hydrogens is 130 g/mol. The average molecular weight is 141 g/mol. The Morgan fingerprint density at radius 3 is 2.50 bits per heavy atom. The summed E-state index contributed by atoms with van der Waals surface area (Å²) in [5, 5.41) is 10.00. The fourth-order valence-electron chi connectivity index (χ4n) is 0.441. The second-order valence-electron chi connectivity index (χ2n) is 2.37. The normalized spacial score (nSPS) is 12.3. The molecule has 0 fully saturated rings. The van der Waals surface area contributed by atoms with Crippen molar-refractivity contribution in [1.29, 1.82) is 5.26 Å². The summed E-state index contributed by atoms with van der Waals surface area (Å²) < 4.78 is 0. The minimum atomic E-state index is -0.584. The molecule has 0 heterocycles. The van der Waals surface area contributed by atoms with Crippen LogP contribution in [-0.2, 0) is 4.79 Å². The molecule has 0 saturated heterocycles. The molecule has 0 aromatic rings. The summed E-state index contributed by atoms with van der Waals surface area (Å²) in [6.07, 6.45) is 1.52. The van der Waals surface area contributed by atoms with E-state index in [2.05, 4.69) is 0 Å². The second-order valence-corrected chi connectivity index (χ2v) is 2.37. The number of nitriles is 1. The van der Waals surface area contributed by atoms with Gasteiger partial charge in [-0.25, -0.2) is 0 Å². The predicted molar refractivity (Wildman–Crippen MR) is 36.6 cm³/mol. The smallest absolute Gasteiger partial charge is 0.250 e. The molecule has 1 unspecified atom stereocenters. The van der Waals surface area contributed by atoms with E-state index in [0.717, 1.165) is 0 Å². The first-order valence-corrected chi connectivity index (χ1v) is 3.04. The lowest BCUT2D eigenvalue weighted by atomic mass is 10.1. The summed E-state index contributed by atoms with van der Waals surface area (Å²) in [4.78, 5) is 10.7. The maximum Gasteiger partial charge on any atom is 0.250 e. The Morgan fingerprint density at radius 1 is 1.70 bits per heavy atom. The van der Waals surface area contributed by atoms with Crippen molar-refractivity contribution < 1.29 is 4.79 Å². The Labute approximate surface area is 60.0 Å². The lowest BCUT2D eigenvalue weighted by Gasteiger charge is -2.11. The highest BCUT2D eigenvalue weighted by molar-refractivity contribution is 5.82. The van der Waals surface area contributed by atoms with Crippen molar-refractivity contribution in [3.63, 3.8) is 0 Å². The molecule has 0 spiro atoms. The van der Waals surface area contributed by atoms with Crippen LogP contribution in [0, 0.1) is 17.4 Å². The van der Waals surface area contributed by atoms with Gasteiger partial charge in [-0.1, -0.05) is 13.8 Å². The molecule has 0 bridgehead atoms. The molecular formula is C6H11N3O. The van der Waals surface area contributed by atoms with Crippen LogP contribution in [-0.4, -0.2) is 11.9 Å². The molecule has 56 valence electrons. The number of nitrogens with zero attached hydrogens (tertiary/aromatic N) is 1. The van der Waals surface area contributed by atoms with Gasteiger partial charge in [0.1, 0.15) is 0 Å². The van der Waals surface area contributed by atoms with Crippen LogP contribution in [0.3, 0.4) is 0 Å². The van der Waals surface area contributed by atoms with Gasteiger partial charge in [-0.15, -0.1) is 0 Å². The van der Waals surface area contributed by atoms with Gasteiger partial charge in [-0.05, 0) is 5.92 Å². The van der Waals surface area contributed by atoms with Crippen molar-refractivity contribution in [1.82, 2.24) is 5.32 Å². The number of hydrogen-bond acceptors (Lipinski definition) is 3. The summed E-state index contributed by atoms with van der Waals surface area (Å²) in [6, 6.07) is -0.584. The molecule has 4 nitrogen and oxygen atoms in total. The number of carbonyl (C=O) groups excluding carboxylic acids is 1. The van der Waals surface area contributed by atoms with E-state index in [0.29, 0.717) is 0 Å². The minimum Gasteiger partial charge on any atom is -0.320 e. The number of carbonyl (C=O) groups is 1. The van der Waals surface area contributed by atoms with Crippen LogP contribution in [0.5, 0.6) is 0 Å². The Hall–Kier alpha value is -1.08. The van der Waals surface area contributed by atoms with Crippen molar-refractivity contribution >= 4 is 5.91 Å². The summed E-state index contributed by atoms with van der Waals surface area (Å²) in [5.41, 5.74) is 5.38. The van der Waals surface area contributed by atoms with Crippen LogP contribution in [0.4, 0.5) is 0 Å². The topological polar surface area (TPSA) is 78.9 Å². The lowest BCUT2D eigenvalue weighted by Crippen LogP contribution is -2.42. The first-order chi connectivity index (χ1) is 4.59. The monoisotopic (exact) mass is 141 g/mol. The zero-order valence-corrected chi connectivity index (χ0v) is 6.09. The zero-order chi connectivity index (χ0) is 8.15. The highest BCUT2D eigenvalue weighted by atomic mass is 16.2. The van der Waals surface area contributed by atoms with Crippen LogP contribution in [0.25, 0.3) is 0 Å². The van der Waals surface area contributed by atoms with Crippen molar-refractivity contribution in [2.45, 2.75) is 19.9 Å². The van der Waals surface area contributed by atoms with Gasteiger partial charge < -0.3 is 5.73 Å². The SMILES string of the molecule is CC(C)C(N)C(=O)NC#N. The van der Waals surface area contributed by atoms with E-state index in [-0.39, 0.29) is 5.92 Å². The lowest BCUT2D eigenvalue weighted by molar-refractivity contribution is -0.122. The Morgan fingerprint density at radius 2 is 2.20 bits per heavy atom. The molecule has 1 atom stereocenters. The Balaban J connectivity index is 3.85. The molecule has 0 aliphatic rings. The van der Waals surface area contributed by atoms with E-state index in [1.54, 1.807) is 0 Å². The van der Waals surface area contributed by atoms with Gasteiger partial charge in [0.2, 0.25) is 5.91 Å². The van der Waals surface area contributed by atoms with E-state index < -0.39 is 11.9 Å². The fraction of sp³-hybridized carbons (Fsp3) is 0.667. The Bertz CT molecular complexity index is 159. The first kappa shape index (κ1) is 8.92. The molecule has 0 aliphatic heterocycles. The second kappa shape index (κ2) is 3.85. The fourth-order valence-corrected chi connectivity index (χ4v) is 0.441. The number of hydrogen-bond donors (Lipinski definition) is 2. The highest BCUT2D eigenvalue weighted by Gasteiger charge is 2.15. The molecule has 0 aromatic carbocycles. The third-order valence-corrected chi connectivity index (χ3v) is 1.20. The molecule has 1 amide bonds. The summed E-state index contributed by atoms with van der Waals surface area (Å²) in [5.74, 6) is -0.356. The van der Waals surface area contributed by atoms with E-state index in [9.17, 15) is 4.79 Å².